The summed E-state index contributed by atoms with van der Waals surface area (Å²) in [6, 6.07) is -0.0616. The molecule has 2 fully saturated rings. The molecule has 0 aromatic rings. The van der Waals surface area contributed by atoms with Gasteiger partial charge in [0.15, 0.2) is 0 Å². The normalized spacial score (nSPS) is 30.4. The summed E-state index contributed by atoms with van der Waals surface area (Å²) in [5, 5.41) is 11.9. The number of hydrogen-bond acceptors (Lipinski definition) is 3. The van der Waals surface area contributed by atoms with E-state index in [0.29, 0.717) is 12.5 Å². The second kappa shape index (κ2) is 6.77. The summed E-state index contributed by atoms with van der Waals surface area (Å²) >= 11 is 0. The van der Waals surface area contributed by atoms with Crippen molar-refractivity contribution < 1.29 is 14.7 Å². The van der Waals surface area contributed by atoms with Crippen molar-refractivity contribution >= 4 is 11.9 Å². The smallest absolute Gasteiger partial charge is 0.304 e. The van der Waals surface area contributed by atoms with Crippen molar-refractivity contribution in [1.29, 1.82) is 0 Å². The average molecular weight is 296 g/mol. The number of amides is 1. The molecule has 2 aliphatic carbocycles. The molecule has 5 unspecified atom stereocenters. The number of likely N-dealkylation sites (N-methyl/N-ethyl adjacent to an activating group) is 1. The van der Waals surface area contributed by atoms with Gasteiger partial charge >= 0.3 is 5.97 Å². The highest BCUT2D eigenvalue weighted by atomic mass is 16.4. The monoisotopic (exact) mass is 296 g/mol. The maximum atomic E-state index is 12.3. The summed E-state index contributed by atoms with van der Waals surface area (Å²) in [7, 11) is 1.80. The molecule has 0 saturated heterocycles. The van der Waals surface area contributed by atoms with E-state index in [1.165, 1.54) is 25.7 Å². The summed E-state index contributed by atoms with van der Waals surface area (Å²) in [6.07, 6.45) is 5.37. The highest BCUT2D eigenvalue weighted by molar-refractivity contribution is 5.81. The highest BCUT2D eigenvalue weighted by Crippen LogP contribution is 2.49. The van der Waals surface area contributed by atoms with Crippen molar-refractivity contribution in [3.8, 4) is 0 Å². The van der Waals surface area contributed by atoms with E-state index in [2.05, 4.69) is 12.2 Å². The van der Waals surface area contributed by atoms with Crippen LogP contribution in [0.1, 0.15) is 46.0 Å². The molecule has 0 spiro atoms. The minimum absolute atomic E-state index is 0.0122. The number of carboxylic acids is 1. The van der Waals surface area contributed by atoms with E-state index in [1.807, 2.05) is 6.92 Å². The van der Waals surface area contributed by atoms with Crippen LogP contribution in [0.3, 0.4) is 0 Å². The van der Waals surface area contributed by atoms with Gasteiger partial charge in [-0.15, -0.1) is 0 Å². The molecule has 0 radical (unpaired) electrons. The number of carboxylic acid groups (broad SMARTS) is 1. The number of carbonyl (C=O) groups excluding carboxylic acids is 1. The lowest BCUT2D eigenvalue weighted by molar-refractivity contribution is -0.138. The molecule has 5 nitrogen and oxygen atoms in total. The Morgan fingerprint density at radius 3 is 2.52 bits per heavy atom. The minimum atomic E-state index is -0.829. The Morgan fingerprint density at radius 2 is 2.00 bits per heavy atom. The molecule has 0 heterocycles. The molecule has 2 N–H and O–H groups in total. The molecule has 0 aromatic carbocycles. The second-order valence-electron chi connectivity index (χ2n) is 6.94. The van der Waals surface area contributed by atoms with Gasteiger partial charge in [-0.1, -0.05) is 6.42 Å². The molecule has 21 heavy (non-hydrogen) atoms. The topological polar surface area (TPSA) is 69.6 Å². The Balaban J connectivity index is 1.78. The van der Waals surface area contributed by atoms with E-state index in [0.717, 1.165) is 11.8 Å². The number of carbonyl (C=O) groups is 2. The number of nitrogens with one attached hydrogen (secondary N) is 1. The van der Waals surface area contributed by atoms with Gasteiger partial charge in [0.1, 0.15) is 0 Å². The molecular weight excluding hydrogens is 268 g/mol. The Hall–Kier alpha value is -1.10. The van der Waals surface area contributed by atoms with Crippen LogP contribution in [0.2, 0.25) is 0 Å². The number of fused-ring (bicyclic) bond motifs is 2. The van der Waals surface area contributed by atoms with Gasteiger partial charge in [0.2, 0.25) is 5.91 Å². The number of aliphatic carboxylic acids is 1. The van der Waals surface area contributed by atoms with E-state index >= 15 is 0 Å². The third kappa shape index (κ3) is 3.96. The van der Waals surface area contributed by atoms with Crippen LogP contribution in [-0.2, 0) is 9.59 Å². The number of rotatable bonds is 7. The Bertz CT molecular complexity index is 399. The van der Waals surface area contributed by atoms with Gasteiger partial charge in [-0.25, -0.2) is 0 Å². The molecule has 2 rings (SSSR count). The highest BCUT2D eigenvalue weighted by Gasteiger charge is 2.42. The van der Waals surface area contributed by atoms with Crippen molar-refractivity contribution in [1.82, 2.24) is 10.2 Å². The Morgan fingerprint density at radius 1 is 1.29 bits per heavy atom. The standard InChI is InChI=1S/C16H28N2O3/c1-10(14-9-12-4-5-13(14)8-12)17-16(21)11(2)18(3)7-6-15(19)20/h10-14H,4-9H2,1-3H3,(H,17,21)(H,19,20). The third-order valence-electron chi connectivity index (χ3n) is 5.52. The van der Waals surface area contributed by atoms with Crippen LogP contribution >= 0.6 is 0 Å². The number of nitrogens with zero attached hydrogens (tertiary/aromatic N) is 1. The molecule has 2 bridgehead atoms. The van der Waals surface area contributed by atoms with Crippen LogP contribution in [-0.4, -0.2) is 47.6 Å². The van der Waals surface area contributed by atoms with E-state index in [1.54, 1.807) is 11.9 Å². The predicted molar refractivity (Wildman–Crippen MR) is 80.9 cm³/mol. The van der Waals surface area contributed by atoms with Gasteiger partial charge in [-0.2, -0.15) is 0 Å². The minimum Gasteiger partial charge on any atom is -0.481 e. The average Bonchev–Trinajstić information content (AvgIpc) is 3.06. The predicted octanol–water partition coefficient (Wildman–Crippen LogP) is 1.72. The van der Waals surface area contributed by atoms with Crippen LogP contribution < -0.4 is 5.32 Å². The lowest BCUT2D eigenvalue weighted by Crippen LogP contribution is -2.49. The first-order valence-corrected chi connectivity index (χ1v) is 8.11. The molecule has 120 valence electrons. The largest absolute Gasteiger partial charge is 0.481 e. The quantitative estimate of drug-likeness (QED) is 0.750. The van der Waals surface area contributed by atoms with Crippen molar-refractivity contribution in [2.45, 2.75) is 58.0 Å². The zero-order valence-corrected chi connectivity index (χ0v) is 13.3. The molecule has 1 amide bonds. The Kier molecular flexibility index (Phi) is 5.25. The van der Waals surface area contributed by atoms with Crippen molar-refractivity contribution in [3.63, 3.8) is 0 Å². The van der Waals surface area contributed by atoms with Crippen molar-refractivity contribution in [3.05, 3.63) is 0 Å². The lowest BCUT2D eigenvalue weighted by atomic mass is 9.84. The van der Waals surface area contributed by atoms with Crippen LogP contribution in [0, 0.1) is 17.8 Å². The lowest BCUT2D eigenvalue weighted by Gasteiger charge is -2.31. The fraction of sp³-hybridized carbons (Fsp3) is 0.875. The molecule has 5 atom stereocenters. The van der Waals surface area contributed by atoms with E-state index < -0.39 is 5.97 Å². The van der Waals surface area contributed by atoms with Gasteiger partial charge in [-0.3, -0.25) is 14.5 Å². The van der Waals surface area contributed by atoms with Gasteiger partial charge in [0.05, 0.1) is 12.5 Å². The zero-order chi connectivity index (χ0) is 15.6. The summed E-state index contributed by atoms with van der Waals surface area (Å²) in [6.45, 7) is 4.35. The molecular formula is C16H28N2O3. The third-order valence-corrected chi connectivity index (χ3v) is 5.52. The van der Waals surface area contributed by atoms with Crippen molar-refractivity contribution in [2.75, 3.05) is 13.6 Å². The summed E-state index contributed by atoms with van der Waals surface area (Å²) in [5.41, 5.74) is 0. The summed E-state index contributed by atoms with van der Waals surface area (Å²) in [4.78, 5) is 24.7. The van der Waals surface area contributed by atoms with E-state index in [4.69, 9.17) is 5.11 Å². The maximum Gasteiger partial charge on any atom is 0.304 e. The van der Waals surface area contributed by atoms with Gasteiger partial charge < -0.3 is 10.4 Å². The molecule has 2 saturated carbocycles. The molecule has 0 aromatic heterocycles. The van der Waals surface area contributed by atoms with Crippen LogP contribution in [0.5, 0.6) is 0 Å². The van der Waals surface area contributed by atoms with E-state index in [-0.39, 0.29) is 24.4 Å². The molecule has 0 aliphatic heterocycles. The van der Waals surface area contributed by atoms with E-state index in [9.17, 15) is 9.59 Å². The fourth-order valence-electron chi connectivity index (χ4n) is 4.02. The molecule has 5 heteroatoms. The first kappa shape index (κ1) is 16.3. The van der Waals surface area contributed by atoms with Gasteiger partial charge in [0, 0.05) is 12.6 Å². The summed E-state index contributed by atoms with van der Waals surface area (Å²) < 4.78 is 0. The van der Waals surface area contributed by atoms with Crippen LogP contribution in [0.4, 0.5) is 0 Å². The van der Waals surface area contributed by atoms with Crippen LogP contribution in [0.25, 0.3) is 0 Å². The second-order valence-corrected chi connectivity index (χ2v) is 6.94. The molecule has 2 aliphatic rings. The maximum absolute atomic E-state index is 12.3. The zero-order valence-electron chi connectivity index (χ0n) is 13.3. The van der Waals surface area contributed by atoms with Crippen molar-refractivity contribution in [2.24, 2.45) is 17.8 Å². The van der Waals surface area contributed by atoms with Crippen LogP contribution in [0.15, 0.2) is 0 Å². The Labute approximate surface area is 127 Å². The van der Waals surface area contributed by atoms with Gasteiger partial charge in [0.25, 0.3) is 0 Å². The summed E-state index contributed by atoms with van der Waals surface area (Å²) in [5.74, 6) is 1.49. The number of hydrogen-bond donors (Lipinski definition) is 2. The fourth-order valence-corrected chi connectivity index (χ4v) is 4.02. The first-order chi connectivity index (χ1) is 9.88. The SMILES string of the molecule is CC(NC(=O)C(C)N(C)CCC(=O)O)C1CC2CCC1C2. The van der Waals surface area contributed by atoms with Gasteiger partial charge in [-0.05, 0) is 57.9 Å². The first-order valence-electron chi connectivity index (χ1n) is 8.11.